The summed E-state index contributed by atoms with van der Waals surface area (Å²) in [6.07, 6.45) is 1.59. The number of nitrogens with zero attached hydrogens (tertiary/aromatic N) is 3. The van der Waals surface area contributed by atoms with Gasteiger partial charge in [-0.25, -0.2) is 9.97 Å². The molecule has 0 saturated carbocycles. The third-order valence-electron chi connectivity index (χ3n) is 1.45. The quantitative estimate of drug-likeness (QED) is 0.497. The molecule has 0 saturated heterocycles. The minimum Gasteiger partial charge on any atom is -0.329 e. The van der Waals surface area contributed by atoms with Crippen LogP contribution in [0.3, 0.4) is 0 Å². The number of nitrogens with one attached hydrogen (secondary N) is 1. The van der Waals surface area contributed by atoms with Crippen molar-refractivity contribution in [2.45, 2.75) is 4.43 Å². The second kappa shape index (κ2) is 3.14. The number of rotatable bonds is 1. The second-order valence-electron chi connectivity index (χ2n) is 2.17. The Bertz CT molecular complexity index is 413. The summed E-state index contributed by atoms with van der Waals surface area (Å²) < 4.78 is 0.779. The zero-order valence-corrected chi connectivity index (χ0v) is 8.80. The summed E-state index contributed by atoms with van der Waals surface area (Å²) in [5.74, 6) is 0. The van der Waals surface area contributed by atoms with Crippen LogP contribution in [0.4, 0.5) is 0 Å². The summed E-state index contributed by atoms with van der Waals surface area (Å²) >= 11 is 7.90. The molecule has 62 valence electrons. The molecule has 0 fully saturated rings. The van der Waals surface area contributed by atoms with E-state index in [9.17, 15) is 0 Å². The van der Waals surface area contributed by atoms with Crippen LogP contribution in [-0.2, 0) is 4.43 Å². The van der Waals surface area contributed by atoms with Crippen LogP contribution in [0.25, 0.3) is 11.2 Å². The van der Waals surface area contributed by atoms with Crippen molar-refractivity contribution in [2.24, 2.45) is 0 Å². The predicted octanol–water partition coefficient (Wildman–Crippen LogP) is 1.94. The van der Waals surface area contributed by atoms with Crippen LogP contribution in [0, 0.1) is 0 Å². The van der Waals surface area contributed by atoms with Crippen LogP contribution in [0.5, 0.6) is 0 Å². The van der Waals surface area contributed by atoms with Gasteiger partial charge in [-0.2, -0.15) is 4.98 Å². The summed E-state index contributed by atoms with van der Waals surface area (Å²) in [5, 5.41) is 0.262. The molecule has 2 aromatic rings. The van der Waals surface area contributed by atoms with E-state index < -0.39 is 0 Å². The van der Waals surface area contributed by atoms with Gasteiger partial charge in [0.15, 0.2) is 5.65 Å². The third kappa shape index (κ3) is 1.27. The highest BCUT2D eigenvalue weighted by molar-refractivity contribution is 14.1. The molecule has 12 heavy (non-hydrogen) atoms. The van der Waals surface area contributed by atoms with Gasteiger partial charge in [0.2, 0.25) is 5.28 Å². The van der Waals surface area contributed by atoms with Crippen LogP contribution in [0.1, 0.15) is 5.69 Å². The van der Waals surface area contributed by atoms with E-state index in [1.165, 1.54) is 0 Å². The first kappa shape index (κ1) is 8.18. The molecule has 0 atom stereocenters. The summed E-state index contributed by atoms with van der Waals surface area (Å²) in [6, 6.07) is 0. The molecule has 0 unspecified atom stereocenters. The maximum Gasteiger partial charge on any atom is 0.224 e. The molecule has 2 rings (SSSR count). The van der Waals surface area contributed by atoms with Crippen molar-refractivity contribution in [3.8, 4) is 0 Å². The normalized spacial score (nSPS) is 10.8. The number of hydrogen-bond donors (Lipinski definition) is 1. The van der Waals surface area contributed by atoms with Crippen LogP contribution in [-0.4, -0.2) is 19.9 Å². The van der Waals surface area contributed by atoms with Gasteiger partial charge in [0.25, 0.3) is 0 Å². The zero-order chi connectivity index (χ0) is 8.55. The van der Waals surface area contributed by atoms with Gasteiger partial charge in [0.1, 0.15) is 5.52 Å². The van der Waals surface area contributed by atoms with Gasteiger partial charge in [-0.15, -0.1) is 0 Å². The summed E-state index contributed by atoms with van der Waals surface area (Å²) in [7, 11) is 0. The van der Waals surface area contributed by atoms with Gasteiger partial charge in [-0.1, -0.05) is 22.6 Å². The molecule has 6 heteroatoms. The minimum atomic E-state index is 0.262. The molecule has 2 aromatic heterocycles. The topological polar surface area (TPSA) is 54.5 Å². The Kier molecular flexibility index (Phi) is 2.14. The van der Waals surface area contributed by atoms with Crippen molar-refractivity contribution in [3.05, 3.63) is 17.3 Å². The fourth-order valence-electron chi connectivity index (χ4n) is 0.959. The Morgan fingerprint density at radius 1 is 1.50 bits per heavy atom. The third-order valence-corrected chi connectivity index (χ3v) is 2.34. The molecular weight excluding hydrogens is 290 g/mol. The van der Waals surface area contributed by atoms with Gasteiger partial charge >= 0.3 is 0 Å². The Labute approximate surface area is 86.9 Å². The molecule has 0 aliphatic heterocycles. The van der Waals surface area contributed by atoms with E-state index in [0.717, 1.165) is 15.6 Å². The highest BCUT2D eigenvalue weighted by Gasteiger charge is 2.06. The first-order valence-corrected chi connectivity index (χ1v) is 5.13. The number of hydrogen-bond acceptors (Lipinski definition) is 3. The Balaban J connectivity index is 2.80. The number of aromatic amines is 1. The van der Waals surface area contributed by atoms with E-state index in [-0.39, 0.29) is 5.28 Å². The molecule has 0 spiro atoms. The van der Waals surface area contributed by atoms with Crippen molar-refractivity contribution in [3.63, 3.8) is 0 Å². The molecule has 0 aromatic carbocycles. The number of halogens is 2. The van der Waals surface area contributed by atoms with Crippen molar-refractivity contribution >= 4 is 45.4 Å². The molecule has 0 aliphatic rings. The molecular formula is C6H4ClIN4. The lowest BCUT2D eigenvalue weighted by atomic mass is 10.4. The van der Waals surface area contributed by atoms with E-state index in [1.807, 2.05) is 0 Å². The van der Waals surface area contributed by atoms with Crippen molar-refractivity contribution in [1.29, 1.82) is 0 Å². The fraction of sp³-hybridized carbons (Fsp3) is 0.167. The lowest BCUT2D eigenvalue weighted by molar-refractivity contribution is 1.13. The zero-order valence-electron chi connectivity index (χ0n) is 5.88. The minimum absolute atomic E-state index is 0.262. The number of H-pyrrole nitrogens is 1. The van der Waals surface area contributed by atoms with Crippen molar-refractivity contribution in [2.75, 3.05) is 0 Å². The predicted molar refractivity (Wildman–Crippen MR) is 54.4 cm³/mol. The molecule has 2 heterocycles. The van der Waals surface area contributed by atoms with Gasteiger partial charge in [-0.05, 0) is 11.6 Å². The summed E-state index contributed by atoms with van der Waals surface area (Å²) in [5.41, 5.74) is 2.36. The lowest BCUT2D eigenvalue weighted by Crippen LogP contribution is -1.91. The van der Waals surface area contributed by atoms with Crippen molar-refractivity contribution in [1.82, 2.24) is 19.9 Å². The van der Waals surface area contributed by atoms with Gasteiger partial charge in [-0.3, -0.25) is 0 Å². The number of imidazole rings is 1. The smallest absolute Gasteiger partial charge is 0.224 e. The van der Waals surface area contributed by atoms with Gasteiger partial charge in [0.05, 0.1) is 12.0 Å². The van der Waals surface area contributed by atoms with Gasteiger partial charge < -0.3 is 4.98 Å². The molecule has 1 N–H and O–H groups in total. The average Bonchev–Trinajstić information content (AvgIpc) is 2.50. The summed E-state index contributed by atoms with van der Waals surface area (Å²) in [6.45, 7) is 0. The van der Waals surface area contributed by atoms with Crippen LogP contribution >= 0.6 is 34.2 Å². The second-order valence-corrected chi connectivity index (χ2v) is 3.27. The highest BCUT2D eigenvalue weighted by Crippen LogP contribution is 2.15. The number of alkyl halides is 1. The Hall–Kier alpha value is -0.430. The van der Waals surface area contributed by atoms with Gasteiger partial charge in [0, 0.05) is 4.43 Å². The maximum absolute atomic E-state index is 5.69. The first-order chi connectivity index (χ1) is 5.81. The van der Waals surface area contributed by atoms with Crippen LogP contribution in [0.2, 0.25) is 5.28 Å². The Morgan fingerprint density at radius 2 is 2.33 bits per heavy atom. The van der Waals surface area contributed by atoms with Crippen molar-refractivity contribution < 1.29 is 0 Å². The average molecular weight is 294 g/mol. The molecule has 0 amide bonds. The largest absolute Gasteiger partial charge is 0.329 e. The van der Waals surface area contributed by atoms with E-state index >= 15 is 0 Å². The van der Waals surface area contributed by atoms with E-state index in [2.05, 4.69) is 42.5 Å². The Morgan fingerprint density at radius 3 is 3.08 bits per heavy atom. The number of fused-ring (bicyclic) bond motifs is 1. The molecule has 0 aliphatic carbocycles. The standard InChI is InChI=1S/C6H4ClIN4/c7-6-11-3(1-8)4-5(12-6)10-2-9-4/h2H,1H2,(H,9,10,11,12). The van der Waals surface area contributed by atoms with E-state index in [4.69, 9.17) is 11.6 Å². The van der Waals surface area contributed by atoms with Crippen LogP contribution in [0.15, 0.2) is 6.33 Å². The maximum atomic E-state index is 5.69. The molecule has 0 radical (unpaired) electrons. The SMILES string of the molecule is Clc1nc(CI)c2nc[nH]c2n1. The first-order valence-electron chi connectivity index (χ1n) is 3.22. The highest BCUT2D eigenvalue weighted by atomic mass is 127. The molecule has 4 nitrogen and oxygen atoms in total. The lowest BCUT2D eigenvalue weighted by Gasteiger charge is -1.95. The monoisotopic (exact) mass is 294 g/mol. The van der Waals surface area contributed by atoms with E-state index in [0.29, 0.717) is 5.65 Å². The fourth-order valence-corrected chi connectivity index (χ4v) is 1.68. The molecule has 0 bridgehead atoms. The van der Waals surface area contributed by atoms with E-state index in [1.54, 1.807) is 6.33 Å². The van der Waals surface area contributed by atoms with Crippen LogP contribution < -0.4 is 0 Å². The summed E-state index contributed by atoms with van der Waals surface area (Å²) in [4.78, 5) is 15.0. The number of aromatic nitrogens is 4.